The number of amides is 1. The summed E-state index contributed by atoms with van der Waals surface area (Å²) in [4.78, 5) is 22.9. The average molecular weight is 328 g/mol. The number of hydrogen-bond donors (Lipinski definition) is 2. The lowest BCUT2D eigenvalue weighted by Crippen LogP contribution is -2.34. The fourth-order valence-corrected chi connectivity index (χ4v) is 3.12. The largest absolute Gasteiger partial charge is 0.349 e. The maximum atomic E-state index is 12.6. The second kappa shape index (κ2) is 7.25. The van der Waals surface area contributed by atoms with Crippen LogP contribution in [0.3, 0.4) is 0 Å². The quantitative estimate of drug-likeness (QED) is 0.510. The highest BCUT2D eigenvalue weighted by Crippen LogP contribution is 2.24. The fourth-order valence-electron chi connectivity index (χ4n) is 3.12. The van der Waals surface area contributed by atoms with Gasteiger partial charge in [0.2, 0.25) is 0 Å². The molecule has 7 heteroatoms. The van der Waals surface area contributed by atoms with Crippen LogP contribution in [0.1, 0.15) is 48.9 Å². The molecular weight excluding hydrogens is 308 g/mol. The van der Waals surface area contributed by atoms with Crippen molar-refractivity contribution in [3.05, 3.63) is 46.1 Å². The number of H-pyrrole nitrogens is 1. The number of aromatic amines is 1. The number of nitrogens with zero attached hydrogens (tertiary/aromatic N) is 2. The van der Waals surface area contributed by atoms with Crippen LogP contribution in [0.4, 0.5) is 5.69 Å². The van der Waals surface area contributed by atoms with Crippen LogP contribution < -0.4 is 5.32 Å². The standard InChI is InChI=1S/C17H20N4O3/c22-17(19-13-5-3-1-2-4-6-13)15-11-18-20-16(15)12-7-9-14(10-8-12)21(23)24/h7-11,13H,1-6H2,(H,18,20)(H,19,22). The molecule has 1 amide bonds. The molecule has 126 valence electrons. The highest BCUT2D eigenvalue weighted by Gasteiger charge is 2.20. The van der Waals surface area contributed by atoms with E-state index in [1.807, 2.05) is 0 Å². The summed E-state index contributed by atoms with van der Waals surface area (Å²) in [7, 11) is 0. The summed E-state index contributed by atoms with van der Waals surface area (Å²) in [6.07, 6.45) is 8.27. The highest BCUT2D eigenvalue weighted by molar-refractivity contribution is 5.99. The van der Waals surface area contributed by atoms with Crippen molar-refractivity contribution in [2.24, 2.45) is 0 Å². The Labute approximate surface area is 139 Å². The van der Waals surface area contributed by atoms with E-state index in [2.05, 4.69) is 15.5 Å². The molecule has 24 heavy (non-hydrogen) atoms. The van der Waals surface area contributed by atoms with Crippen molar-refractivity contribution in [1.29, 1.82) is 0 Å². The van der Waals surface area contributed by atoms with Crippen molar-refractivity contribution in [2.75, 3.05) is 0 Å². The van der Waals surface area contributed by atoms with E-state index >= 15 is 0 Å². The Balaban J connectivity index is 1.76. The summed E-state index contributed by atoms with van der Waals surface area (Å²) < 4.78 is 0. The molecule has 1 aliphatic carbocycles. The summed E-state index contributed by atoms with van der Waals surface area (Å²) in [5.74, 6) is -0.149. The molecule has 1 saturated carbocycles. The normalized spacial score (nSPS) is 15.7. The molecule has 1 aromatic carbocycles. The zero-order chi connectivity index (χ0) is 16.9. The van der Waals surface area contributed by atoms with Gasteiger partial charge in [-0.15, -0.1) is 0 Å². The van der Waals surface area contributed by atoms with Gasteiger partial charge in [0.1, 0.15) is 0 Å². The van der Waals surface area contributed by atoms with Crippen molar-refractivity contribution in [3.8, 4) is 11.3 Å². The summed E-state index contributed by atoms with van der Waals surface area (Å²) in [6.45, 7) is 0. The number of benzene rings is 1. The van der Waals surface area contributed by atoms with Crippen LogP contribution in [0.25, 0.3) is 11.3 Å². The van der Waals surface area contributed by atoms with E-state index in [1.165, 1.54) is 31.2 Å². The molecule has 0 radical (unpaired) electrons. The number of nitro groups is 1. The molecule has 0 saturated heterocycles. The van der Waals surface area contributed by atoms with Crippen LogP contribution in [-0.4, -0.2) is 27.1 Å². The van der Waals surface area contributed by atoms with Crippen molar-refractivity contribution in [2.45, 2.75) is 44.6 Å². The van der Waals surface area contributed by atoms with Crippen LogP contribution in [0.15, 0.2) is 30.5 Å². The van der Waals surface area contributed by atoms with Gasteiger partial charge in [0.15, 0.2) is 0 Å². The Bertz CT molecular complexity index is 716. The number of rotatable bonds is 4. The SMILES string of the molecule is O=C(NC1CCCCCC1)c1cn[nH]c1-c1ccc([N+](=O)[O-])cc1. The van der Waals surface area contributed by atoms with Gasteiger partial charge in [0.25, 0.3) is 11.6 Å². The van der Waals surface area contributed by atoms with Gasteiger partial charge < -0.3 is 5.32 Å². The van der Waals surface area contributed by atoms with Crippen LogP contribution in [0, 0.1) is 10.1 Å². The van der Waals surface area contributed by atoms with E-state index in [1.54, 1.807) is 12.1 Å². The minimum atomic E-state index is -0.448. The first kappa shape index (κ1) is 16.2. The zero-order valence-electron chi connectivity index (χ0n) is 13.3. The smallest absolute Gasteiger partial charge is 0.269 e. The van der Waals surface area contributed by atoms with E-state index < -0.39 is 4.92 Å². The lowest BCUT2D eigenvalue weighted by Gasteiger charge is -2.16. The fraction of sp³-hybridized carbons (Fsp3) is 0.412. The second-order valence-corrected chi connectivity index (χ2v) is 6.12. The molecule has 0 unspecified atom stereocenters. The van der Waals surface area contributed by atoms with Crippen LogP contribution in [0.2, 0.25) is 0 Å². The van der Waals surface area contributed by atoms with Gasteiger partial charge in [0, 0.05) is 23.7 Å². The predicted molar refractivity (Wildman–Crippen MR) is 89.6 cm³/mol. The lowest BCUT2D eigenvalue weighted by molar-refractivity contribution is -0.384. The van der Waals surface area contributed by atoms with Crippen LogP contribution >= 0.6 is 0 Å². The van der Waals surface area contributed by atoms with E-state index in [-0.39, 0.29) is 17.6 Å². The molecule has 7 nitrogen and oxygen atoms in total. The highest BCUT2D eigenvalue weighted by atomic mass is 16.6. The Morgan fingerprint density at radius 3 is 2.46 bits per heavy atom. The molecule has 1 heterocycles. The number of carbonyl (C=O) groups excluding carboxylic acids is 1. The van der Waals surface area contributed by atoms with Gasteiger partial charge in [-0.25, -0.2) is 0 Å². The Morgan fingerprint density at radius 2 is 1.83 bits per heavy atom. The topological polar surface area (TPSA) is 101 Å². The third-order valence-corrected chi connectivity index (χ3v) is 4.44. The molecule has 0 atom stereocenters. The molecule has 1 aromatic heterocycles. The van der Waals surface area contributed by atoms with Crippen molar-refractivity contribution >= 4 is 11.6 Å². The zero-order valence-corrected chi connectivity index (χ0v) is 13.3. The Hall–Kier alpha value is -2.70. The number of hydrogen-bond acceptors (Lipinski definition) is 4. The summed E-state index contributed by atoms with van der Waals surface area (Å²) in [5, 5.41) is 20.6. The first-order valence-corrected chi connectivity index (χ1v) is 8.24. The van der Waals surface area contributed by atoms with Gasteiger partial charge in [-0.05, 0) is 25.0 Å². The molecular formula is C17H20N4O3. The second-order valence-electron chi connectivity index (χ2n) is 6.12. The molecule has 3 rings (SSSR count). The summed E-state index contributed by atoms with van der Waals surface area (Å²) in [6, 6.07) is 6.29. The summed E-state index contributed by atoms with van der Waals surface area (Å²) >= 11 is 0. The number of aromatic nitrogens is 2. The molecule has 0 spiro atoms. The van der Waals surface area contributed by atoms with Crippen LogP contribution in [-0.2, 0) is 0 Å². The van der Waals surface area contributed by atoms with Gasteiger partial charge in [-0.3, -0.25) is 20.0 Å². The number of nitro benzene ring substituents is 1. The number of non-ortho nitro benzene ring substituents is 1. The average Bonchev–Trinajstić information content (AvgIpc) is 2.94. The van der Waals surface area contributed by atoms with Gasteiger partial charge >= 0.3 is 0 Å². The van der Waals surface area contributed by atoms with Crippen LogP contribution in [0.5, 0.6) is 0 Å². The van der Waals surface area contributed by atoms with E-state index in [0.717, 1.165) is 25.7 Å². The predicted octanol–water partition coefficient (Wildman–Crippen LogP) is 3.44. The molecule has 2 aromatic rings. The molecule has 1 fully saturated rings. The minimum Gasteiger partial charge on any atom is -0.349 e. The third-order valence-electron chi connectivity index (χ3n) is 4.44. The molecule has 0 bridgehead atoms. The van der Waals surface area contributed by atoms with E-state index in [0.29, 0.717) is 16.8 Å². The molecule has 0 aliphatic heterocycles. The number of nitrogens with one attached hydrogen (secondary N) is 2. The maximum Gasteiger partial charge on any atom is 0.269 e. The Kier molecular flexibility index (Phi) is 4.88. The first-order chi connectivity index (χ1) is 11.6. The van der Waals surface area contributed by atoms with E-state index in [9.17, 15) is 14.9 Å². The third kappa shape index (κ3) is 3.61. The van der Waals surface area contributed by atoms with Gasteiger partial charge in [0.05, 0.1) is 22.4 Å². The first-order valence-electron chi connectivity index (χ1n) is 8.24. The van der Waals surface area contributed by atoms with Crippen molar-refractivity contribution in [3.63, 3.8) is 0 Å². The van der Waals surface area contributed by atoms with Gasteiger partial charge in [-0.2, -0.15) is 5.10 Å². The molecule has 2 N–H and O–H groups in total. The van der Waals surface area contributed by atoms with E-state index in [4.69, 9.17) is 0 Å². The molecule has 1 aliphatic rings. The maximum absolute atomic E-state index is 12.6. The van der Waals surface area contributed by atoms with Gasteiger partial charge in [-0.1, -0.05) is 25.7 Å². The van der Waals surface area contributed by atoms with Crippen molar-refractivity contribution < 1.29 is 9.72 Å². The number of carbonyl (C=O) groups is 1. The summed E-state index contributed by atoms with van der Waals surface area (Å²) in [5.41, 5.74) is 1.76. The lowest BCUT2D eigenvalue weighted by atomic mass is 10.1. The minimum absolute atomic E-state index is 0.0164. The Morgan fingerprint density at radius 1 is 1.17 bits per heavy atom. The monoisotopic (exact) mass is 328 g/mol. The van der Waals surface area contributed by atoms with Crippen molar-refractivity contribution in [1.82, 2.24) is 15.5 Å².